The highest BCUT2D eigenvalue weighted by Crippen LogP contribution is 2.29. The molecule has 6 N–H and O–H groups in total. The number of carboxylic acids is 1. The summed E-state index contributed by atoms with van der Waals surface area (Å²) >= 11 is 0. The number of amides is 5. The zero-order chi connectivity index (χ0) is 34.5. The quantitative estimate of drug-likeness (QED) is 0.144. The summed E-state index contributed by atoms with van der Waals surface area (Å²) < 4.78 is 5.01. The van der Waals surface area contributed by atoms with Crippen molar-refractivity contribution in [2.24, 2.45) is 5.92 Å². The Hall–Kier alpha value is -4.53. The number of aliphatic hydroxyl groups excluding tert-OH is 1. The number of likely N-dealkylation sites (tertiary alicyclic amines) is 1. The lowest BCUT2D eigenvalue weighted by atomic mass is 9.83. The maximum absolute atomic E-state index is 13.8. The molecule has 3 unspecified atom stereocenters. The number of aliphatic carboxylic acids is 1. The van der Waals surface area contributed by atoms with E-state index in [0.717, 1.165) is 19.3 Å². The first kappa shape index (κ1) is 36.9. The number of aliphatic hydroxyl groups is 1. The van der Waals surface area contributed by atoms with Crippen molar-refractivity contribution in [2.75, 3.05) is 19.7 Å². The van der Waals surface area contributed by atoms with E-state index in [2.05, 4.69) is 21.3 Å². The third-order valence-corrected chi connectivity index (χ3v) is 8.33. The highest BCUT2D eigenvalue weighted by molar-refractivity contribution is 6.38. The van der Waals surface area contributed by atoms with Crippen LogP contribution in [0.15, 0.2) is 30.3 Å². The van der Waals surface area contributed by atoms with Crippen LogP contribution < -0.4 is 21.3 Å². The number of alkyl carbamates (subject to hydrolysis) is 1. The number of hydrogen-bond donors (Lipinski definition) is 6. The van der Waals surface area contributed by atoms with Crippen LogP contribution in [0.4, 0.5) is 4.79 Å². The summed E-state index contributed by atoms with van der Waals surface area (Å²) in [6.07, 6.45) is 2.71. The minimum atomic E-state index is -1.37. The van der Waals surface area contributed by atoms with Crippen molar-refractivity contribution in [1.82, 2.24) is 26.2 Å². The fourth-order valence-electron chi connectivity index (χ4n) is 6.01. The largest absolute Gasteiger partial charge is 0.479 e. The van der Waals surface area contributed by atoms with Crippen LogP contribution in [0.2, 0.25) is 0 Å². The average molecular weight is 660 g/mol. The van der Waals surface area contributed by atoms with Crippen LogP contribution in [-0.4, -0.2) is 101 Å². The Morgan fingerprint density at radius 1 is 0.957 bits per heavy atom. The fraction of sp³-hybridized carbons (Fsp3) is 0.594. The molecule has 0 aromatic heterocycles. The number of carbonyl (C=O) groups excluding carboxylic acids is 6. The van der Waals surface area contributed by atoms with Crippen LogP contribution in [0, 0.1) is 5.92 Å². The Kier molecular flexibility index (Phi) is 14.1. The second kappa shape index (κ2) is 18.0. The average Bonchev–Trinajstić information content (AvgIpc) is 3.46. The van der Waals surface area contributed by atoms with Gasteiger partial charge in [0, 0.05) is 13.0 Å². The summed E-state index contributed by atoms with van der Waals surface area (Å²) in [7, 11) is 0. The SMILES string of the molecule is CCCC(NC(=O)C1C[C@@H](O)CN1C(=O)C(NC(=O)OCC)C1CCCCC1)C(=O)C(=O)NCC(=O)N[C@H](C(=O)O)c1ccccc1. The van der Waals surface area contributed by atoms with Crippen LogP contribution in [0.3, 0.4) is 0 Å². The maximum atomic E-state index is 13.8. The summed E-state index contributed by atoms with van der Waals surface area (Å²) in [5, 5.41) is 29.6. The maximum Gasteiger partial charge on any atom is 0.407 e. The van der Waals surface area contributed by atoms with E-state index in [1.165, 1.54) is 17.0 Å². The first-order chi connectivity index (χ1) is 22.5. The highest BCUT2D eigenvalue weighted by atomic mass is 16.5. The molecule has 1 aromatic rings. The van der Waals surface area contributed by atoms with Gasteiger partial charge in [-0.2, -0.15) is 0 Å². The van der Waals surface area contributed by atoms with Crippen LogP contribution in [0.5, 0.6) is 0 Å². The Bertz CT molecular complexity index is 1290. The standard InChI is InChI=1S/C32H45N5O10/c1-3-11-22(27(40)29(42)33-17-24(39)35-26(31(44)45)20-14-9-6-10-15-20)34-28(41)23-16-21(38)18-37(23)30(43)25(36-32(46)47-4-2)19-12-7-5-8-13-19/h6,9-10,14-15,19,21-23,25-26,38H,3-5,7-8,11-13,16-18H2,1-2H3,(H,33,42)(H,34,41)(H,35,39)(H,36,46)(H,44,45)/t21-,22?,23?,25?,26+/m1/s1. The lowest BCUT2D eigenvalue weighted by Gasteiger charge is -2.34. The van der Waals surface area contributed by atoms with Gasteiger partial charge in [-0.15, -0.1) is 0 Å². The lowest BCUT2D eigenvalue weighted by Crippen LogP contribution is -2.58. The van der Waals surface area contributed by atoms with E-state index in [1.54, 1.807) is 32.0 Å². The molecule has 5 amide bonds. The van der Waals surface area contributed by atoms with Gasteiger partial charge in [0.05, 0.1) is 25.3 Å². The number of benzene rings is 1. The van der Waals surface area contributed by atoms with Gasteiger partial charge in [0.25, 0.3) is 5.91 Å². The lowest BCUT2D eigenvalue weighted by molar-refractivity contribution is -0.144. The van der Waals surface area contributed by atoms with Crippen molar-refractivity contribution in [1.29, 1.82) is 0 Å². The van der Waals surface area contributed by atoms with Gasteiger partial charge >= 0.3 is 12.1 Å². The minimum Gasteiger partial charge on any atom is -0.479 e. The van der Waals surface area contributed by atoms with E-state index in [1.807, 2.05) is 0 Å². The van der Waals surface area contributed by atoms with Crippen molar-refractivity contribution in [3.8, 4) is 0 Å². The Labute approximate surface area is 273 Å². The van der Waals surface area contributed by atoms with Crippen molar-refractivity contribution < 1.29 is 48.5 Å². The van der Waals surface area contributed by atoms with Crippen molar-refractivity contribution >= 4 is 41.5 Å². The minimum absolute atomic E-state index is 0.0671. The second-order valence-electron chi connectivity index (χ2n) is 11.8. The molecule has 5 atom stereocenters. The van der Waals surface area contributed by atoms with Crippen LogP contribution in [-0.2, 0) is 33.5 Å². The molecule has 1 saturated carbocycles. The third kappa shape index (κ3) is 10.5. The Morgan fingerprint density at radius 3 is 2.26 bits per heavy atom. The molecule has 1 aliphatic carbocycles. The summed E-state index contributed by atoms with van der Waals surface area (Å²) in [4.78, 5) is 90.8. The normalized spacial score (nSPS) is 19.9. The Morgan fingerprint density at radius 2 is 1.64 bits per heavy atom. The highest BCUT2D eigenvalue weighted by Gasteiger charge is 2.44. The van der Waals surface area contributed by atoms with Gasteiger partial charge in [-0.05, 0) is 37.7 Å². The number of β-amino-alcohol motifs (C(OH)–C–C–N with tert-alkyl or cyclic N) is 1. The second-order valence-corrected chi connectivity index (χ2v) is 11.8. The first-order valence-electron chi connectivity index (χ1n) is 16.1. The predicted octanol–water partition coefficient (Wildman–Crippen LogP) is 0.556. The smallest absolute Gasteiger partial charge is 0.407 e. The van der Waals surface area contributed by atoms with E-state index in [0.29, 0.717) is 24.8 Å². The molecule has 2 fully saturated rings. The van der Waals surface area contributed by atoms with Crippen LogP contribution >= 0.6 is 0 Å². The molecule has 0 spiro atoms. The molecule has 1 heterocycles. The number of hydrogen-bond acceptors (Lipinski definition) is 9. The predicted molar refractivity (Wildman–Crippen MR) is 166 cm³/mol. The van der Waals surface area contributed by atoms with E-state index in [4.69, 9.17) is 4.74 Å². The number of carbonyl (C=O) groups is 7. The summed E-state index contributed by atoms with van der Waals surface area (Å²) in [6.45, 7) is 2.62. The molecule has 0 bridgehead atoms. The summed E-state index contributed by atoms with van der Waals surface area (Å²) in [5.74, 6) is -5.85. The number of carboxylic acid groups (broad SMARTS) is 1. The monoisotopic (exact) mass is 659 g/mol. The van der Waals surface area contributed by atoms with Crippen LogP contribution in [0.1, 0.15) is 76.8 Å². The Balaban J connectivity index is 1.66. The first-order valence-corrected chi connectivity index (χ1v) is 16.1. The van der Waals surface area contributed by atoms with E-state index in [9.17, 15) is 43.8 Å². The van der Waals surface area contributed by atoms with Crippen molar-refractivity contribution in [2.45, 2.75) is 95.5 Å². The molecule has 47 heavy (non-hydrogen) atoms. The molecule has 15 heteroatoms. The van der Waals surface area contributed by atoms with E-state index in [-0.39, 0.29) is 31.9 Å². The van der Waals surface area contributed by atoms with Crippen LogP contribution in [0.25, 0.3) is 0 Å². The molecule has 1 aliphatic heterocycles. The molecule has 2 aliphatic rings. The molecule has 0 radical (unpaired) electrons. The molecule has 15 nitrogen and oxygen atoms in total. The fourth-order valence-corrected chi connectivity index (χ4v) is 6.01. The zero-order valence-corrected chi connectivity index (χ0v) is 26.7. The number of ether oxygens (including phenoxy) is 1. The van der Waals surface area contributed by atoms with Crippen molar-refractivity contribution in [3.63, 3.8) is 0 Å². The summed E-state index contributed by atoms with van der Waals surface area (Å²) in [6, 6.07) is 3.13. The molecule has 1 aromatic carbocycles. The molecule has 1 saturated heterocycles. The molecular weight excluding hydrogens is 614 g/mol. The summed E-state index contributed by atoms with van der Waals surface area (Å²) in [5.41, 5.74) is 0.313. The van der Waals surface area contributed by atoms with Gasteiger partial charge in [-0.1, -0.05) is 62.9 Å². The van der Waals surface area contributed by atoms with E-state index < -0.39 is 78.3 Å². The zero-order valence-electron chi connectivity index (χ0n) is 26.7. The molecule has 258 valence electrons. The topological polar surface area (TPSA) is 221 Å². The van der Waals surface area contributed by atoms with E-state index >= 15 is 0 Å². The number of Topliss-reactive ketones (excluding diaryl/α,β-unsaturated/α-hetero) is 1. The van der Waals surface area contributed by atoms with Crippen molar-refractivity contribution in [3.05, 3.63) is 35.9 Å². The molecular formula is C32H45N5O10. The number of nitrogens with zero attached hydrogens (tertiary/aromatic N) is 1. The van der Waals surface area contributed by atoms with Gasteiger partial charge in [-0.3, -0.25) is 24.0 Å². The number of nitrogens with one attached hydrogen (secondary N) is 4. The van der Waals surface area contributed by atoms with Gasteiger partial charge < -0.3 is 41.1 Å². The van der Waals surface area contributed by atoms with Gasteiger partial charge in [-0.25, -0.2) is 9.59 Å². The number of ketones is 1. The van der Waals surface area contributed by atoms with Gasteiger partial charge in [0.1, 0.15) is 12.1 Å². The number of rotatable bonds is 15. The van der Waals surface area contributed by atoms with Gasteiger partial charge in [0.2, 0.25) is 23.5 Å². The van der Waals surface area contributed by atoms with Gasteiger partial charge in [0.15, 0.2) is 6.04 Å². The molecule has 3 rings (SSSR count). The third-order valence-electron chi connectivity index (χ3n) is 8.33.